The van der Waals surface area contributed by atoms with Gasteiger partial charge in [-0.25, -0.2) is 18.5 Å². The summed E-state index contributed by atoms with van der Waals surface area (Å²) in [6.45, 7) is 4.41. The third kappa shape index (κ3) is 4.67. The summed E-state index contributed by atoms with van der Waals surface area (Å²) < 4.78 is 29.0. The standard InChI is InChI=1S/C16H21N3O3S/c1-12(2)22-14-7-4-6-13(10-14)11-19(3)16-15(23(17,20)21)8-5-9-18-16/h4-10,12H,11H2,1-3H3,(H2,17,20,21). The van der Waals surface area contributed by atoms with Crippen LogP contribution in [0.3, 0.4) is 0 Å². The number of nitrogens with zero attached hydrogens (tertiary/aromatic N) is 2. The molecule has 0 bridgehead atoms. The molecule has 0 aliphatic rings. The van der Waals surface area contributed by atoms with E-state index in [2.05, 4.69) is 4.98 Å². The van der Waals surface area contributed by atoms with E-state index >= 15 is 0 Å². The average Bonchev–Trinajstić information content (AvgIpc) is 2.46. The zero-order chi connectivity index (χ0) is 17.0. The van der Waals surface area contributed by atoms with Crippen LogP contribution in [0, 0.1) is 0 Å². The molecule has 0 unspecified atom stereocenters. The first-order valence-corrected chi connectivity index (χ1v) is 8.76. The number of primary sulfonamides is 1. The number of sulfonamides is 1. The van der Waals surface area contributed by atoms with Gasteiger partial charge in [-0.2, -0.15) is 0 Å². The molecule has 0 aliphatic heterocycles. The van der Waals surface area contributed by atoms with Gasteiger partial charge in [0.1, 0.15) is 16.5 Å². The summed E-state index contributed by atoms with van der Waals surface area (Å²) >= 11 is 0. The van der Waals surface area contributed by atoms with Crippen LogP contribution in [0.25, 0.3) is 0 Å². The number of hydrogen-bond acceptors (Lipinski definition) is 5. The van der Waals surface area contributed by atoms with Gasteiger partial charge in [-0.3, -0.25) is 0 Å². The van der Waals surface area contributed by atoms with Crippen molar-refractivity contribution in [3.63, 3.8) is 0 Å². The third-order valence-corrected chi connectivity index (χ3v) is 4.04. The summed E-state index contributed by atoms with van der Waals surface area (Å²) in [5.41, 5.74) is 0.983. The molecule has 0 aliphatic carbocycles. The fraction of sp³-hybridized carbons (Fsp3) is 0.312. The molecule has 23 heavy (non-hydrogen) atoms. The van der Waals surface area contributed by atoms with Crippen molar-refractivity contribution < 1.29 is 13.2 Å². The van der Waals surface area contributed by atoms with E-state index in [1.807, 2.05) is 38.1 Å². The highest BCUT2D eigenvalue weighted by Crippen LogP contribution is 2.23. The Bertz CT molecular complexity index is 776. The zero-order valence-electron chi connectivity index (χ0n) is 13.4. The maximum Gasteiger partial charge on any atom is 0.241 e. The third-order valence-electron chi connectivity index (χ3n) is 3.11. The lowest BCUT2D eigenvalue weighted by Gasteiger charge is -2.21. The van der Waals surface area contributed by atoms with E-state index in [-0.39, 0.29) is 11.0 Å². The van der Waals surface area contributed by atoms with Crippen molar-refractivity contribution >= 4 is 15.8 Å². The van der Waals surface area contributed by atoms with Crippen molar-refractivity contribution in [2.75, 3.05) is 11.9 Å². The smallest absolute Gasteiger partial charge is 0.241 e. The molecule has 2 N–H and O–H groups in total. The highest BCUT2D eigenvalue weighted by Gasteiger charge is 2.17. The van der Waals surface area contributed by atoms with E-state index in [1.54, 1.807) is 24.2 Å². The van der Waals surface area contributed by atoms with Gasteiger partial charge in [-0.05, 0) is 43.7 Å². The molecule has 0 saturated heterocycles. The minimum absolute atomic E-state index is 0.0112. The lowest BCUT2D eigenvalue weighted by atomic mass is 10.2. The summed E-state index contributed by atoms with van der Waals surface area (Å²) in [5.74, 6) is 1.10. The topological polar surface area (TPSA) is 85.5 Å². The van der Waals surface area contributed by atoms with Gasteiger partial charge < -0.3 is 9.64 Å². The number of ether oxygens (including phenoxy) is 1. The number of hydrogen-bond donors (Lipinski definition) is 1. The summed E-state index contributed by atoms with van der Waals surface area (Å²) in [6, 6.07) is 10.7. The molecule has 0 radical (unpaired) electrons. The molecule has 1 aromatic carbocycles. The van der Waals surface area contributed by atoms with Gasteiger partial charge in [0, 0.05) is 19.8 Å². The summed E-state index contributed by atoms with van der Waals surface area (Å²) in [7, 11) is -2.05. The molecule has 2 aromatic rings. The molecule has 0 saturated carbocycles. The number of aromatic nitrogens is 1. The molecule has 7 heteroatoms. The fourth-order valence-electron chi connectivity index (χ4n) is 2.23. The predicted molar refractivity (Wildman–Crippen MR) is 89.9 cm³/mol. The largest absolute Gasteiger partial charge is 0.491 e. The monoisotopic (exact) mass is 335 g/mol. The van der Waals surface area contributed by atoms with Crippen LogP contribution in [0.1, 0.15) is 19.4 Å². The molecule has 0 spiro atoms. The molecular formula is C16H21N3O3S. The van der Waals surface area contributed by atoms with Gasteiger partial charge in [-0.1, -0.05) is 12.1 Å². The second kappa shape index (κ2) is 6.97. The first-order valence-electron chi connectivity index (χ1n) is 7.22. The maximum absolute atomic E-state index is 11.7. The SMILES string of the molecule is CC(C)Oc1cccc(CN(C)c2ncccc2S(N)(=O)=O)c1. The highest BCUT2D eigenvalue weighted by molar-refractivity contribution is 7.89. The van der Waals surface area contributed by atoms with Gasteiger partial charge in [0.25, 0.3) is 0 Å². The van der Waals surface area contributed by atoms with Crippen LogP contribution in [0.2, 0.25) is 0 Å². The van der Waals surface area contributed by atoms with Gasteiger partial charge in [0.05, 0.1) is 6.10 Å². The number of rotatable bonds is 6. The van der Waals surface area contributed by atoms with Gasteiger partial charge >= 0.3 is 0 Å². The average molecular weight is 335 g/mol. The Morgan fingerprint density at radius 3 is 2.65 bits per heavy atom. The van der Waals surface area contributed by atoms with Crippen LogP contribution >= 0.6 is 0 Å². The molecule has 124 valence electrons. The van der Waals surface area contributed by atoms with E-state index in [0.717, 1.165) is 11.3 Å². The first-order chi connectivity index (χ1) is 10.8. The lowest BCUT2D eigenvalue weighted by molar-refractivity contribution is 0.242. The van der Waals surface area contributed by atoms with Crippen LogP contribution in [-0.4, -0.2) is 26.6 Å². The normalized spacial score (nSPS) is 11.5. The lowest BCUT2D eigenvalue weighted by Crippen LogP contribution is -2.23. The first kappa shape index (κ1) is 17.2. The molecule has 0 atom stereocenters. The molecule has 2 rings (SSSR count). The van der Waals surface area contributed by atoms with Crippen molar-refractivity contribution in [1.82, 2.24) is 4.98 Å². The quantitative estimate of drug-likeness (QED) is 0.874. The molecule has 1 heterocycles. The second-order valence-electron chi connectivity index (χ2n) is 5.54. The highest BCUT2D eigenvalue weighted by atomic mass is 32.2. The van der Waals surface area contributed by atoms with Crippen LogP contribution in [0.5, 0.6) is 5.75 Å². The van der Waals surface area contributed by atoms with Gasteiger partial charge in [0.15, 0.2) is 0 Å². The Kier molecular flexibility index (Phi) is 5.23. The van der Waals surface area contributed by atoms with Gasteiger partial charge in [-0.15, -0.1) is 0 Å². The second-order valence-corrected chi connectivity index (χ2v) is 7.07. The van der Waals surface area contributed by atoms with Crippen molar-refractivity contribution in [1.29, 1.82) is 0 Å². The molecule has 1 aromatic heterocycles. The predicted octanol–water partition coefficient (Wildman–Crippen LogP) is 2.15. The van der Waals surface area contributed by atoms with Gasteiger partial charge in [0.2, 0.25) is 10.0 Å². The van der Waals surface area contributed by atoms with Crippen LogP contribution in [-0.2, 0) is 16.6 Å². The fourth-order valence-corrected chi connectivity index (χ4v) is 2.96. The zero-order valence-corrected chi connectivity index (χ0v) is 14.2. The number of pyridine rings is 1. The summed E-state index contributed by atoms with van der Waals surface area (Å²) in [6.07, 6.45) is 1.63. The summed E-state index contributed by atoms with van der Waals surface area (Å²) in [4.78, 5) is 5.90. The van der Waals surface area contributed by atoms with Crippen molar-refractivity contribution in [3.05, 3.63) is 48.2 Å². The van der Waals surface area contributed by atoms with E-state index in [1.165, 1.54) is 6.07 Å². The Balaban J connectivity index is 2.25. The number of anilines is 1. The Hall–Kier alpha value is -2.12. The van der Waals surface area contributed by atoms with Crippen molar-refractivity contribution in [3.8, 4) is 5.75 Å². The van der Waals surface area contributed by atoms with Crippen LogP contribution < -0.4 is 14.8 Å². The van der Waals surface area contributed by atoms with Crippen molar-refractivity contribution in [2.24, 2.45) is 5.14 Å². The minimum Gasteiger partial charge on any atom is -0.491 e. The van der Waals surface area contributed by atoms with Crippen LogP contribution in [0.4, 0.5) is 5.82 Å². The number of nitrogens with two attached hydrogens (primary N) is 1. The maximum atomic E-state index is 11.7. The minimum atomic E-state index is -3.82. The number of benzene rings is 1. The molecule has 6 nitrogen and oxygen atoms in total. The van der Waals surface area contributed by atoms with E-state index < -0.39 is 10.0 Å². The summed E-state index contributed by atoms with van der Waals surface area (Å²) in [5, 5.41) is 5.25. The Morgan fingerprint density at radius 1 is 1.26 bits per heavy atom. The van der Waals surface area contributed by atoms with E-state index in [0.29, 0.717) is 12.4 Å². The van der Waals surface area contributed by atoms with E-state index in [4.69, 9.17) is 9.88 Å². The van der Waals surface area contributed by atoms with Crippen molar-refractivity contribution in [2.45, 2.75) is 31.4 Å². The van der Waals surface area contributed by atoms with Crippen LogP contribution in [0.15, 0.2) is 47.5 Å². The Labute approximate surface area is 137 Å². The molecule has 0 amide bonds. The van der Waals surface area contributed by atoms with E-state index in [9.17, 15) is 8.42 Å². The Morgan fingerprint density at radius 2 is 2.00 bits per heavy atom. The molecule has 0 fully saturated rings. The molecular weight excluding hydrogens is 314 g/mol.